The first-order valence-electron chi connectivity index (χ1n) is 5.35. The maximum atomic E-state index is 5.37. The molecule has 1 aromatic heterocycles. The van der Waals surface area contributed by atoms with Gasteiger partial charge in [-0.25, -0.2) is 4.68 Å². The van der Waals surface area contributed by atoms with Gasteiger partial charge in [0.05, 0.1) is 25.2 Å². The lowest BCUT2D eigenvalue weighted by molar-refractivity contribution is 0.328. The van der Waals surface area contributed by atoms with Gasteiger partial charge in [-0.05, 0) is 12.1 Å². The van der Waals surface area contributed by atoms with Gasteiger partial charge in [0.25, 0.3) is 0 Å². The molecule has 17 heavy (non-hydrogen) atoms. The Morgan fingerprint density at radius 3 is 3.00 bits per heavy atom. The average molecular weight is 233 g/mol. The van der Waals surface area contributed by atoms with Gasteiger partial charge in [-0.15, -0.1) is 0 Å². The monoisotopic (exact) mass is 233 g/mol. The van der Waals surface area contributed by atoms with Gasteiger partial charge < -0.3 is 15.2 Å². The van der Waals surface area contributed by atoms with E-state index >= 15 is 0 Å². The van der Waals surface area contributed by atoms with Gasteiger partial charge in [0.15, 0.2) is 5.75 Å². The molecule has 0 aliphatic heterocycles. The molecule has 0 fully saturated rings. The minimum absolute atomic E-state index is 0.490. The lowest BCUT2D eigenvalue weighted by Gasteiger charge is -2.04. The molecule has 0 spiro atoms. The Labute approximate surface area is 99.8 Å². The highest BCUT2D eigenvalue weighted by atomic mass is 16.5. The molecule has 0 aliphatic rings. The molecule has 2 rings (SSSR count). The van der Waals surface area contributed by atoms with Crippen molar-refractivity contribution in [1.29, 1.82) is 0 Å². The standard InChI is InChI=1S/C12H15N3O2/c1-16-11-4-2-3-10(7-11)15-9-12(8-14-15)17-6-5-13/h2-4,7-9H,5-6,13H2,1H3. The van der Waals surface area contributed by atoms with E-state index in [0.717, 1.165) is 11.4 Å². The van der Waals surface area contributed by atoms with Gasteiger partial charge in [-0.1, -0.05) is 6.07 Å². The topological polar surface area (TPSA) is 62.3 Å². The first-order chi connectivity index (χ1) is 8.33. The van der Waals surface area contributed by atoms with Crippen molar-refractivity contribution in [3.63, 3.8) is 0 Å². The summed E-state index contributed by atoms with van der Waals surface area (Å²) in [5.41, 5.74) is 6.29. The van der Waals surface area contributed by atoms with Crippen LogP contribution in [0.1, 0.15) is 0 Å². The van der Waals surface area contributed by atoms with Crippen molar-refractivity contribution < 1.29 is 9.47 Å². The lowest BCUT2D eigenvalue weighted by atomic mass is 10.3. The molecule has 0 aliphatic carbocycles. The zero-order chi connectivity index (χ0) is 12.1. The second-order valence-corrected chi connectivity index (χ2v) is 3.46. The minimum Gasteiger partial charge on any atom is -0.497 e. The SMILES string of the molecule is COc1cccc(-n2cc(OCCN)cn2)c1. The Kier molecular flexibility index (Phi) is 3.62. The van der Waals surface area contributed by atoms with Crippen LogP contribution in [-0.2, 0) is 0 Å². The van der Waals surface area contributed by atoms with Crippen LogP contribution in [0.15, 0.2) is 36.7 Å². The van der Waals surface area contributed by atoms with E-state index in [1.165, 1.54) is 0 Å². The van der Waals surface area contributed by atoms with Crippen molar-refractivity contribution in [1.82, 2.24) is 9.78 Å². The van der Waals surface area contributed by atoms with Crippen LogP contribution in [0.4, 0.5) is 0 Å². The molecule has 90 valence electrons. The average Bonchev–Trinajstić information content (AvgIpc) is 2.85. The van der Waals surface area contributed by atoms with E-state index in [2.05, 4.69) is 5.10 Å². The molecule has 0 radical (unpaired) electrons. The first kappa shape index (κ1) is 11.5. The Morgan fingerprint density at radius 2 is 2.24 bits per heavy atom. The Bertz CT molecular complexity index is 482. The van der Waals surface area contributed by atoms with Crippen LogP contribution in [0.3, 0.4) is 0 Å². The van der Waals surface area contributed by atoms with Crippen LogP contribution >= 0.6 is 0 Å². The van der Waals surface area contributed by atoms with Gasteiger partial charge in [0.1, 0.15) is 12.4 Å². The molecule has 0 unspecified atom stereocenters. The van der Waals surface area contributed by atoms with Crippen LogP contribution in [0.2, 0.25) is 0 Å². The molecule has 2 aromatic rings. The number of ether oxygens (including phenoxy) is 2. The summed E-state index contributed by atoms with van der Waals surface area (Å²) in [6, 6.07) is 7.65. The van der Waals surface area contributed by atoms with Gasteiger partial charge in [-0.2, -0.15) is 5.10 Å². The van der Waals surface area contributed by atoms with E-state index in [1.807, 2.05) is 30.5 Å². The number of benzene rings is 1. The molecule has 5 nitrogen and oxygen atoms in total. The molecule has 0 bridgehead atoms. The largest absolute Gasteiger partial charge is 0.497 e. The Balaban J connectivity index is 2.18. The molecule has 0 amide bonds. The zero-order valence-corrected chi connectivity index (χ0v) is 9.67. The second-order valence-electron chi connectivity index (χ2n) is 3.46. The molecular weight excluding hydrogens is 218 g/mol. The van der Waals surface area contributed by atoms with Crippen LogP contribution in [0.25, 0.3) is 5.69 Å². The highest BCUT2D eigenvalue weighted by Crippen LogP contribution is 2.18. The smallest absolute Gasteiger partial charge is 0.157 e. The molecular formula is C12H15N3O2. The van der Waals surface area contributed by atoms with Gasteiger partial charge >= 0.3 is 0 Å². The molecule has 0 saturated heterocycles. The minimum atomic E-state index is 0.490. The molecule has 1 aromatic carbocycles. The summed E-state index contributed by atoms with van der Waals surface area (Å²) in [5.74, 6) is 1.50. The summed E-state index contributed by atoms with van der Waals surface area (Å²) in [6.45, 7) is 0.980. The first-order valence-corrected chi connectivity index (χ1v) is 5.35. The molecule has 2 N–H and O–H groups in total. The van der Waals surface area contributed by atoms with Gasteiger partial charge in [0, 0.05) is 12.6 Å². The number of hydrogen-bond acceptors (Lipinski definition) is 4. The van der Waals surface area contributed by atoms with Gasteiger partial charge in [-0.3, -0.25) is 0 Å². The summed E-state index contributed by atoms with van der Waals surface area (Å²) >= 11 is 0. The third kappa shape index (κ3) is 2.76. The number of nitrogens with two attached hydrogens (primary N) is 1. The molecule has 0 atom stereocenters. The number of methoxy groups -OCH3 is 1. The van der Waals surface area contributed by atoms with E-state index in [4.69, 9.17) is 15.2 Å². The number of hydrogen-bond donors (Lipinski definition) is 1. The predicted octanol–water partition coefficient (Wildman–Crippen LogP) is 1.22. The maximum Gasteiger partial charge on any atom is 0.157 e. The fraction of sp³-hybridized carbons (Fsp3) is 0.250. The number of aromatic nitrogens is 2. The summed E-state index contributed by atoms with van der Waals surface area (Å²) in [5, 5.41) is 4.21. The predicted molar refractivity (Wildman–Crippen MR) is 64.7 cm³/mol. The fourth-order valence-electron chi connectivity index (χ4n) is 1.45. The lowest BCUT2D eigenvalue weighted by Crippen LogP contribution is -2.10. The van der Waals surface area contributed by atoms with E-state index < -0.39 is 0 Å². The van der Waals surface area contributed by atoms with Crippen molar-refractivity contribution in [2.45, 2.75) is 0 Å². The summed E-state index contributed by atoms with van der Waals surface area (Å²) in [4.78, 5) is 0. The van der Waals surface area contributed by atoms with Crippen molar-refractivity contribution in [2.75, 3.05) is 20.3 Å². The Morgan fingerprint density at radius 1 is 1.35 bits per heavy atom. The highest BCUT2D eigenvalue weighted by Gasteiger charge is 2.02. The van der Waals surface area contributed by atoms with E-state index in [-0.39, 0.29) is 0 Å². The van der Waals surface area contributed by atoms with Crippen molar-refractivity contribution >= 4 is 0 Å². The summed E-state index contributed by atoms with van der Waals surface area (Å²) in [6.07, 6.45) is 3.47. The van der Waals surface area contributed by atoms with E-state index in [1.54, 1.807) is 18.0 Å². The van der Waals surface area contributed by atoms with Crippen LogP contribution in [0.5, 0.6) is 11.5 Å². The molecule has 0 saturated carbocycles. The third-order valence-electron chi connectivity index (χ3n) is 2.26. The van der Waals surface area contributed by atoms with Gasteiger partial charge in [0.2, 0.25) is 0 Å². The summed E-state index contributed by atoms with van der Waals surface area (Å²) < 4.78 is 12.3. The maximum absolute atomic E-state index is 5.37. The van der Waals surface area contributed by atoms with Crippen molar-refractivity contribution in [2.24, 2.45) is 5.73 Å². The van der Waals surface area contributed by atoms with Crippen molar-refractivity contribution in [3.8, 4) is 17.2 Å². The van der Waals surface area contributed by atoms with Crippen LogP contribution < -0.4 is 15.2 Å². The molecule has 1 heterocycles. The zero-order valence-electron chi connectivity index (χ0n) is 9.67. The summed E-state index contributed by atoms with van der Waals surface area (Å²) in [7, 11) is 1.64. The number of rotatable bonds is 5. The van der Waals surface area contributed by atoms with Crippen LogP contribution in [-0.4, -0.2) is 30.0 Å². The highest BCUT2D eigenvalue weighted by molar-refractivity contribution is 5.39. The molecule has 5 heteroatoms. The van der Waals surface area contributed by atoms with Crippen molar-refractivity contribution in [3.05, 3.63) is 36.7 Å². The Hall–Kier alpha value is -2.01. The third-order valence-corrected chi connectivity index (χ3v) is 2.26. The quantitative estimate of drug-likeness (QED) is 0.843. The number of nitrogens with zero attached hydrogens (tertiary/aromatic N) is 2. The van der Waals surface area contributed by atoms with E-state index in [9.17, 15) is 0 Å². The second kappa shape index (κ2) is 5.36. The van der Waals surface area contributed by atoms with E-state index in [0.29, 0.717) is 18.9 Å². The van der Waals surface area contributed by atoms with Crippen LogP contribution in [0, 0.1) is 0 Å². The fourth-order valence-corrected chi connectivity index (χ4v) is 1.45. The normalized spacial score (nSPS) is 10.2.